The zero-order chi connectivity index (χ0) is 21.1. The Morgan fingerprint density at radius 1 is 1.10 bits per heavy atom. The number of amides is 2. The summed E-state index contributed by atoms with van der Waals surface area (Å²) in [4.78, 5) is 38.5. The lowest BCUT2D eigenvalue weighted by molar-refractivity contribution is -0.118. The van der Waals surface area contributed by atoms with Crippen LogP contribution in [0.15, 0.2) is 6.07 Å². The van der Waals surface area contributed by atoms with Gasteiger partial charge in [-0.2, -0.15) is 0 Å². The van der Waals surface area contributed by atoms with E-state index in [9.17, 15) is 14.4 Å². The quantitative estimate of drug-likeness (QED) is 0.616. The van der Waals surface area contributed by atoms with E-state index in [-0.39, 0.29) is 40.2 Å². The molecule has 0 radical (unpaired) electrons. The van der Waals surface area contributed by atoms with Crippen molar-refractivity contribution in [1.82, 2.24) is 10.2 Å². The molecule has 2 heterocycles. The smallest absolute Gasteiger partial charge is 0.300 e. The summed E-state index contributed by atoms with van der Waals surface area (Å²) in [5, 5.41) is 11.1. The summed E-state index contributed by atoms with van der Waals surface area (Å²) in [6.07, 6.45) is 0. The van der Waals surface area contributed by atoms with Crippen LogP contribution in [0.4, 0.5) is 10.8 Å². The first kappa shape index (κ1) is 20.5. The molecule has 0 aliphatic carbocycles. The number of ether oxygens (including phenoxy) is 4. The Balaban J connectivity index is 1.89. The maximum absolute atomic E-state index is 12.5. The monoisotopic (exact) mass is 422 g/mol. The standard InChI is InChI=1S/C17H18N4O7S/c1-25-7-11-19-20-17(29-11)18-10(22)6-21-8-5-9(26-2)14(27-3)15(28-4)12(8)13(23)16(21)24/h5H,6-7H2,1-4H3,(H,18,20,22). The predicted molar refractivity (Wildman–Crippen MR) is 102 cm³/mol. The van der Waals surface area contributed by atoms with E-state index >= 15 is 0 Å². The number of fused-ring (bicyclic) bond motifs is 1. The molecule has 0 spiro atoms. The molecule has 1 aromatic heterocycles. The van der Waals surface area contributed by atoms with E-state index in [1.54, 1.807) is 0 Å². The first-order valence-corrected chi connectivity index (χ1v) is 9.07. The Kier molecular flexibility index (Phi) is 5.94. The number of nitrogens with zero attached hydrogens (tertiary/aromatic N) is 3. The molecule has 1 aliphatic heterocycles. The minimum absolute atomic E-state index is 0.0150. The van der Waals surface area contributed by atoms with Crippen molar-refractivity contribution < 1.29 is 33.3 Å². The van der Waals surface area contributed by atoms with Crippen LogP contribution >= 0.6 is 11.3 Å². The molecule has 0 atom stereocenters. The lowest BCUT2D eigenvalue weighted by Gasteiger charge is -2.19. The molecule has 154 valence electrons. The second kappa shape index (κ2) is 8.41. The lowest BCUT2D eigenvalue weighted by Crippen LogP contribution is -2.37. The van der Waals surface area contributed by atoms with Crippen LogP contribution in [0.1, 0.15) is 15.4 Å². The summed E-state index contributed by atoms with van der Waals surface area (Å²) in [7, 11) is 5.66. The Morgan fingerprint density at radius 2 is 1.83 bits per heavy atom. The van der Waals surface area contributed by atoms with E-state index in [4.69, 9.17) is 18.9 Å². The van der Waals surface area contributed by atoms with E-state index < -0.39 is 24.1 Å². The number of ketones is 1. The molecule has 3 rings (SSSR count). The largest absolute Gasteiger partial charge is 0.493 e. The van der Waals surface area contributed by atoms with Gasteiger partial charge in [-0.3, -0.25) is 24.6 Å². The van der Waals surface area contributed by atoms with Crippen LogP contribution in [-0.4, -0.2) is 62.8 Å². The highest BCUT2D eigenvalue weighted by molar-refractivity contribution is 7.15. The van der Waals surface area contributed by atoms with E-state index in [0.717, 1.165) is 16.2 Å². The summed E-state index contributed by atoms with van der Waals surface area (Å²) >= 11 is 1.14. The number of aromatic nitrogens is 2. The molecular weight excluding hydrogens is 404 g/mol. The molecule has 29 heavy (non-hydrogen) atoms. The van der Waals surface area contributed by atoms with Crippen LogP contribution in [0, 0.1) is 0 Å². The van der Waals surface area contributed by atoms with E-state index in [1.807, 2.05) is 0 Å². The first-order valence-electron chi connectivity index (χ1n) is 8.25. The molecule has 0 unspecified atom stereocenters. The van der Waals surface area contributed by atoms with Crippen molar-refractivity contribution in [2.75, 3.05) is 45.2 Å². The molecule has 1 N–H and O–H groups in total. The van der Waals surface area contributed by atoms with E-state index in [1.165, 1.54) is 34.5 Å². The number of nitrogens with one attached hydrogen (secondary N) is 1. The summed E-state index contributed by atoms with van der Waals surface area (Å²) in [5.74, 6) is -1.71. The van der Waals surface area contributed by atoms with Gasteiger partial charge in [-0.25, -0.2) is 0 Å². The van der Waals surface area contributed by atoms with Gasteiger partial charge in [-0.1, -0.05) is 11.3 Å². The summed E-state index contributed by atoms with van der Waals surface area (Å²) in [5.41, 5.74) is 0.211. The topological polar surface area (TPSA) is 129 Å². The highest BCUT2D eigenvalue weighted by Crippen LogP contribution is 2.47. The van der Waals surface area contributed by atoms with Crippen molar-refractivity contribution in [2.24, 2.45) is 0 Å². The maximum atomic E-state index is 12.5. The average Bonchev–Trinajstić information content (AvgIpc) is 3.24. The summed E-state index contributed by atoms with van der Waals surface area (Å²) in [6, 6.07) is 1.45. The third-order valence-electron chi connectivity index (χ3n) is 4.05. The fourth-order valence-electron chi connectivity index (χ4n) is 2.86. The Bertz CT molecular complexity index is 975. The zero-order valence-corrected chi connectivity index (χ0v) is 16.9. The minimum atomic E-state index is -0.860. The highest BCUT2D eigenvalue weighted by atomic mass is 32.1. The Labute approximate surface area is 169 Å². The van der Waals surface area contributed by atoms with Crippen LogP contribution < -0.4 is 24.4 Å². The minimum Gasteiger partial charge on any atom is -0.493 e. The van der Waals surface area contributed by atoms with Crippen molar-refractivity contribution in [1.29, 1.82) is 0 Å². The number of methoxy groups -OCH3 is 4. The molecular formula is C17H18N4O7S. The number of hydrogen-bond acceptors (Lipinski definition) is 10. The van der Waals surface area contributed by atoms with Gasteiger partial charge in [-0.15, -0.1) is 10.2 Å². The SMILES string of the molecule is COCc1nnc(NC(=O)CN2C(=O)C(=O)c3c2cc(OC)c(OC)c3OC)s1. The summed E-state index contributed by atoms with van der Waals surface area (Å²) < 4.78 is 20.7. The first-order chi connectivity index (χ1) is 13.9. The molecule has 1 aliphatic rings. The van der Waals surface area contributed by atoms with Gasteiger partial charge < -0.3 is 18.9 Å². The molecule has 2 amide bonds. The summed E-state index contributed by atoms with van der Waals surface area (Å²) in [6.45, 7) is -0.142. The number of hydrogen-bond donors (Lipinski definition) is 1. The highest BCUT2D eigenvalue weighted by Gasteiger charge is 2.42. The van der Waals surface area contributed by atoms with Gasteiger partial charge in [0.25, 0.3) is 11.7 Å². The number of carbonyl (C=O) groups is 3. The van der Waals surface area contributed by atoms with Gasteiger partial charge in [-0.05, 0) is 0 Å². The van der Waals surface area contributed by atoms with E-state index in [0.29, 0.717) is 5.01 Å². The van der Waals surface area contributed by atoms with Gasteiger partial charge in [0.2, 0.25) is 16.8 Å². The van der Waals surface area contributed by atoms with Crippen LogP contribution in [0.25, 0.3) is 0 Å². The van der Waals surface area contributed by atoms with Crippen molar-refractivity contribution >= 4 is 39.8 Å². The Morgan fingerprint density at radius 3 is 2.45 bits per heavy atom. The number of benzene rings is 1. The fourth-order valence-corrected chi connectivity index (χ4v) is 3.59. The molecule has 11 nitrogen and oxygen atoms in total. The average molecular weight is 422 g/mol. The van der Waals surface area contributed by atoms with Crippen molar-refractivity contribution in [3.63, 3.8) is 0 Å². The molecule has 0 fully saturated rings. The third kappa shape index (κ3) is 3.71. The molecule has 2 aromatic rings. The van der Waals surface area contributed by atoms with Gasteiger partial charge in [0.15, 0.2) is 11.5 Å². The van der Waals surface area contributed by atoms with E-state index in [2.05, 4.69) is 15.5 Å². The number of carbonyl (C=O) groups excluding carboxylic acids is 3. The van der Waals surface area contributed by atoms with Crippen molar-refractivity contribution in [2.45, 2.75) is 6.61 Å². The second-order valence-electron chi connectivity index (χ2n) is 5.74. The molecule has 0 saturated carbocycles. The maximum Gasteiger partial charge on any atom is 0.300 e. The molecule has 1 aromatic carbocycles. The fraction of sp³-hybridized carbons (Fsp3) is 0.353. The van der Waals surface area contributed by atoms with Crippen LogP contribution in [0.3, 0.4) is 0 Å². The van der Waals surface area contributed by atoms with Crippen molar-refractivity contribution in [3.8, 4) is 17.2 Å². The van der Waals surface area contributed by atoms with Gasteiger partial charge in [0.05, 0.1) is 32.6 Å². The van der Waals surface area contributed by atoms with Crippen molar-refractivity contribution in [3.05, 3.63) is 16.6 Å². The molecule has 0 bridgehead atoms. The van der Waals surface area contributed by atoms with Gasteiger partial charge in [0.1, 0.15) is 18.2 Å². The Hall–Kier alpha value is -3.25. The normalized spacial score (nSPS) is 12.8. The van der Waals surface area contributed by atoms with Gasteiger partial charge >= 0.3 is 0 Å². The van der Waals surface area contributed by atoms with Gasteiger partial charge in [0, 0.05) is 13.2 Å². The van der Waals surface area contributed by atoms with Crippen LogP contribution in [0.5, 0.6) is 17.2 Å². The van der Waals surface area contributed by atoms with Crippen LogP contribution in [-0.2, 0) is 20.9 Å². The third-order valence-corrected chi connectivity index (χ3v) is 4.86. The zero-order valence-electron chi connectivity index (χ0n) is 16.1. The molecule has 0 saturated heterocycles. The number of rotatable bonds is 8. The predicted octanol–water partition coefficient (Wildman–Crippen LogP) is 0.878. The number of Topliss-reactive ketones (excluding diaryl/α,β-unsaturated/α-hetero) is 1. The second-order valence-corrected chi connectivity index (χ2v) is 6.80. The lowest BCUT2D eigenvalue weighted by atomic mass is 10.1. The van der Waals surface area contributed by atoms with Crippen LogP contribution in [0.2, 0.25) is 0 Å². The molecule has 12 heteroatoms. The number of anilines is 2.